The third-order valence-electron chi connectivity index (χ3n) is 8.01. The molecule has 4 aromatic carbocycles. The molecule has 1 N–H and O–H groups in total. The lowest BCUT2D eigenvalue weighted by atomic mass is 9.99. The van der Waals surface area contributed by atoms with Crippen molar-refractivity contribution in [2.24, 2.45) is 10.2 Å². The van der Waals surface area contributed by atoms with Crippen LogP contribution in [0.4, 0.5) is 4.39 Å². The van der Waals surface area contributed by atoms with Gasteiger partial charge in [-0.05, 0) is 103 Å². The van der Waals surface area contributed by atoms with E-state index in [1.54, 1.807) is 72.9 Å². The van der Waals surface area contributed by atoms with Crippen LogP contribution in [0.5, 0.6) is 11.5 Å². The molecule has 4 rings (SSSR count). The second-order valence-electron chi connectivity index (χ2n) is 11.9. The minimum atomic E-state index is -0.571. The van der Waals surface area contributed by atoms with Crippen molar-refractivity contribution >= 4 is 30.6 Å². The van der Waals surface area contributed by atoms with E-state index >= 15 is 4.39 Å². The monoisotopic (exact) mass is 689 g/mol. The molecule has 9 heteroatoms. The van der Waals surface area contributed by atoms with Gasteiger partial charge in [-0.1, -0.05) is 68.8 Å². The molecule has 0 bridgehead atoms. The van der Waals surface area contributed by atoms with Gasteiger partial charge in [-0.3, -0.25) is 0 Å². The molecule has 0 atom stereocenters. The van der Waals surface area contributed by atoms with Crippen LogP contribution in [0.1, 0.15) is 84.5 Å². The van der Waals surface area contributed by atoms with E-state index in [0.29, 0.717) is 41.2 Å². The van der Waals surface area contributed by atoms with Gasteiger partial charge in [0.15, 0.2) is 0 Å². The highest BCUT2D eigenvalue weighted by Gasteiger charge is 2.15. The first-order valence-electron chi connectivity index (χ1n) is 17.2. The normalized spacial score (nSPS) is 11.1. The van der Waals surface area contributed by atoms with Gasteiger partial charge in [-0.2, -0.15) is 10.2 Å². The maximum absolute atomic E-state index is 15.3. The zero-order valence-electron chi connectivity index (χ0n) is 29.0. The molecule has 0 aliphatic carbocycles. The molecular weight excluding hydrogens is 645 g/mol. The highest BCUT2D eigenvalue weighted by molar-refractivity contribution is 5.94. The number of rotatable bonds is 20. The number of hydrogen-bond donors (Lipinski definition) is 1. The molecule has 0 fully saturated rings. The third-order valence-corrected chi connectivity index (χ3v) is 8.01. The molecule has 0 saturated carbocycles. The van der Waals surface area contributed by atoms with Crippen LogP contribution in [0, 0.1) is 11.2 Å². The van der Waals surface area contributed by atoms with Crippen LogP contribution in [-0.2, 0) is 16.0 Å². The number of unbranched alkanes of at least 4 members (excludes halogenated alkanes) is 5. The van der Waals surface area contributed by atoms with Crippen molar-refractivity contribution in [3.63, 3.8) is 0 Å². The van der Waals surface area contributed by atoms with Crippen LogP contribution in [-0.4, -0.2) is 43.8 Å². The van der Waals surface area contributed by atoms with Gasteiger partial charge in [0.2, 0.25) is 0 Å². The van der Waals surface area contributed by atoms with Crippen molar-refractivity contribution < 1.29 is 28.2 Å². The molecule has 0 unspecified atom stereocenters. The van der Waals surface area contributed by atoms with Crippen LogP contribution in [0.2, 0.25) is 0 Å². The summed E-state index contributed by atoms with van der Waals surface area (Å²) in [5.74, 6) is -0.426. The fourth-order valence-electron chi connectivity index (χ4n) is 5.14. The van der Waals surface area contributed by atoms with Gasteiger partial charge in [-0.15, -0.1) is 0 Å². The number of halogens is 1. The largest absolute Gasteiger partial charge is 0.494 e. The number of hydrogen-bond acceptors (Lipinski definition) is 8. The zero-order chi connectivity index (χ0) is 36.3. The summed E-state index contributed by atoms with van der Waals surface area (Å²) in [6.45, 7) is 6.41. The molecule has 0 spiro atoms. The minimum absolute atomic E-state index is 0.245. The van der Waals surface area contributed by atoms with E-state index < -0.39 is 11.9 Å². The van der Waals surface area contributed by atoms with Crippen LogP contribution in [0.3, 0.4) is 0 Å². The Morgan fingerprint density at radius 1 is 0.804 bits per heavy atom. The quantitative estimate of drug-likeness (QED) is 0.0248. The van der Waals surface area contributed by atoms with Crippen molar-refractivity contribution in [2.75, 3.05) is 13.2 Å². The zero-order valence-corrected chi connectivity index (χ0v) is 29.0. The molecule has 0 aliphatic heterocycles. The first-order chi connectivity index (χ1) is 24.9. The average Bonchev–Trinajstić information content (AvgIpc) is 3.15. The minimum Gasteiger partial charge on any atom is -0.494 e. The molecule has 0 radical (unpaired) electrons. The van der Waals surface area contributed by atoms with Gasteiger partial charge >= 0.3 is 11.9 Å². The van der Waals surface area contributed by atoms with E-state index in [1.807, 2.05) is 18.2 Å². The van der Waals surface area contributed by atoms with E-state index in [-0.39, 0.29) is 11.6 Å². The molecule has 4 aromatic rings. The fraction of sp³-hybridized carbons (Fsp3) is 0.262. The number of carbonyl (C=O) groups is 2. The summed E-state index contributed by atoms with van der Waals surface area (Å²) in [4.78, 5) is 24.3. The average molecular weight is 690 g/mol. The van der Waals surface area contributed by atoms with Crippen molar-refractivity contribution in [2.45, 2.75) is 58.3 Å². The Morgan fingerprint density at radius 2 is 1.53 bits per heavy atom. The number of ether oxygens (including phenoxy) is 3. The van der Waals surface area contributed by atoms with Crippen molar-refractivity contribution in [3.8, 4) is 22.6 Å². The Labute approximate surface area is 299 Å². The summed E-state index contributed by atoms with van der Waals surface area (Å²) in [7, 11) is 0. The van der Waals surface area contributed by atoms with E-state index in [1.165, 1.54) is 12.4 Å². The molecular formula is C42H44FN3O5. The molecule has 0 amide bonds. The number of nitrogens with zero attached hydrogens (tertiary/aromatic N) is 2. The lowest BCUT2D eigenvalue weighted by Gasteiger charge is -2.12. The summed E-state index contributed by atoms with van der Waals surface area (Å²) in [6, 6.07) is 24.4. The molecule has 0 saturated heterocycles. The number of esters is 2. The standard InChI is InChI=1S/C42H44FN3O5/c1-3-5-8-11-31-16-22-38(39(43)26-31)35-19-23-40(36(27-35)30-46-45-29-33-14-12-32(28-44)13-15-33)51-42(48)34-17-20-37(21-18-34)49-24-9-6-7-10-25-50-41(47)4-2/h4,12-23,26-30,44H,2-3,5-11,24-25H2,1H3/b44-28?,45-29+,46-30+. The Balaban J connectivity index is 1.43. The van der Waals surface area contributed by atoms with Gasteiger partial charge in [0.1, 0.15) is 17.3 Å². The first kappa shape index (κ1) is 38.1. The molecule has 264 valence electrons. The summed E-state index contributed by atoms with van der Waals surface area (Å²) in [5, 5.41) is 15.7. The molecule has 0 aliphatic rings. The van der Waals surface area contributed by atoms with Crippen molar-refractivity contribution in [3.05, 3.63) is 131 Å². The lowest BCUT2D eigenvalue weighted by molar-refractivity contribution is -0.137. The number of benzene rings is 4. The maximum atomic E-state index is 15.3. The fourth-order valence-corrected chi connectivity index (χ4v) is 5.14. The van der Waals surface area contributed by atoms with E-state index in [9.17, 15) is 9.59 Å². The third kappa shape index (κ3) is 12.6. The Morgan fingerprint density at radius 3 is 2.24 bits per heavy atom. The second-order valence-corrected chi connectivity index (χ2v) is 11.9. The summed E-state index contributed by atoms with van der Waals surface area (Å²) in [5.41, 5.74) is 4.35. The van der Waals surface area contributed by atoms with E-state index in [2.05, 4.69) is 23.7 Å². The van der Waals surface area contributed by atoms with E-state index in [4.69, 9.17) is 19.6 Å². The molecule has 0 heterocycles. The van der Waals surface area contributed by atoms with Gasteiger partial charge in [0.05, 0.1) is 31.2 Å². The molecule has 51 heavy (non-hydrogen) atoms. The summed E-state index contributed by atoms with van der Waals surface area (Å²) >= 11 is 0. The number of aryl methyl sites for hydroxylation is 1. The smallest absolute Gasteiger partial charge is 0.343 e. The van der Waals surface area contributed by atoms with Crippen LogP contribution < -0.4 is 9.47 Å². The van der Waals surface area contributed by atoms with Gasteiger partial charge < -0.3 is 19.6 Å². The van der Waals surface area contributed by atoms with Crippen molar-refractivity contribution in [1.82, 2.24) is 0 Å². The highest BCUT2D eigenvalue weighted by atomic mass is 19.1. The van der Waals surface area contributed by atoms with Gasteiger partial charge in [0.25, 0.3) is 0 Å². The highest BCUT2D eigenvalue weighted by Crippen LogP contribution is 2.29. The predicted molar refractivity (Wildman–Crippen MR) is 201 cm³/mol. The topological polar surface area (TPSA) is 110 Å². The molecule has 0 aromatic heterocycles. The number of carbonyl (C=O) groups excluding carboxylic acids is 2. The summed E-state index contributed by atoms with van der Waals surface area (Å²) < 4.78 is 31.9. The first-order valence-corrected chi connectivity index (χ1v) is 17.2. The predicted octanol–water partition coefficient (Wildman–Crippen LogP) is 9.56. The molecule has 8 nitrogen and oxygen atoms in total. The lowest BCUT2D eigenvalue weighted by Crippen LogP contribution is -2.10. The Bertz CT molecular complexity index is 1820. The Kier molecular flexibility index (Phi) is 15.5. The van der Waals surface area contributed by atoms with Crippen LogP contribution in [0.25, 0.3) is 11.1 Å². The second kappa shape index (κ2) is 20.7. The van der Waals surface area contributed by atoms with Crippen molar-refractivity contribution in [1.29, 1.82) is 5.41 Å². The van der Waals surface area contributed by atoms with E-state index in [0.717, 1.165) is 74.1 Å². The van der Waals surface area contributed by atoms with Crippen LogP contribution in [0.15, 0.2) is 108 Å². The summed E-state index contributed by atoms with van der Waals surface area (Å²) in [6.07, 6.45) is 13.0. The van der Waals surface area contributed by atoms with Gasteiger partial charge in [-0.25, -0.2) is 14.0 Å². The number of nitrogens with one attached hydrogen (secondary N) is 1. The van der Waals surface area contributed by atoms with Gasteiger partial charge in [0, 0.05) is 23.4 Å². The Hall–Kier alpha value is -5.70. The van der Waals surface area contributed by atoms with Crippen LogP contribution >= 0.6 is 0 Å². The SMILES string of the molecule is C=CC(=O)OCCCCCCOc1ccc(C(=O)Oc2ccc(-c3ccc(CCCCC)cc3F)cc2/C=N/N=C/c2ccc(C=N)cc2)cc1. The maximum Gasteiger partial charge on any atom is 0.343 e.